The average Bonchev–Trinajstić information content (AvgIpc) is 2.61. The predicted molar refractivity (Wildman–Crippen MR) is 101 cm³/mol. The SMILES string of the molecule is CC(=C/c1ccccc1)/C=N/NC(=O)CNC(=O)c1ccc(Cl)cc1. The predicted octanol–water partition coefficient (Wildman–Crippen LogP) is 3.28. The summed E-state index contributed by atoms with van der Waals surface area (Å²) in [6.07, 6.45) is 3.49. The second-order valence-electron chi connectivity index (χ2n) is 5.28. The molecule has 6 heteroatoms. The monoisotopic (exact) mass is 355 g/mol. The van der Waals surface area contributed by atoms with Gasteiger partial charge in [0.1, 0.15) is 0 Å². The van der Waals surface area contributed by atoms with E-state index in [1.807, 2.05) is 43.3 Å². The van der Waals surface area contributed by atoms with Gasteiger partial charge in [-0.3, -0.25) is 9.59 Å². The Bertz CT molecular complexity index is 784. The van der Waals surface area contributed by atoms with Crippen LogP contribution in [0.1, 0.15) is 22.8 Å². The van der Waals surface area contributed by atoms with Gasteiger partial charge in [0.25, 0.3) is 11.8 Å². The highest BCUT2D eigenvalue weighted by atomic mass is 35.5. The van der Waals surface area contributed by atoms with Gasteiger partial charge < -0.3 is 5.32 Å². The quantitative estimate of drug-likeness (QED) is 0.616. The number of allylic oxidation sites excluding steroid dienone is 1. The summed E-state index contributed by atoms with van der Waals surface area (Å²) < 4.78 is 0. The first kappa shape index (κ1) is 18.4. The smallest absolute Gasteiger partial charge is 0.259 e. The number of hydrogen-bond donors (Lipinski definition) is 2. The Labute approximate surface area is 151 Å². The molecule has 2 rings (SSSR count). The molecule has 0 aliphatic heterocycles. The maximum atomic E-state index is 11.9. The van der Waals surface area contributed by atoms with Crippen LogP contribution < -0.4 is 10.7 Å². The molecular weight excluding hydrogens is 338 g/mol. The number of benzene rings is 2. The number of amides is 2. The molecule has 0 spiro atoms. The molecule has 5 nitrogen and oxygen atoms in total. The minimum Gasteiger partial charge on any atom is -0.343 e. The normalized spacial score (nSPS) is 11.4. The molecule has 0 unspecified atom stereocenters. The van der Waals surface area contributed by atoms with Crippen molar-refractivity contribution >= 4 is 35.7 Å². The lowest BCUT2D eigenvalue weighted by Crippen LogP contribution is -2.34. The third kappa shape index (κ3) is 6.61. The van der Waals surface area contributed by atoms with Crippen molar-refractivity contribution in [3.63, 3.8) is 0 Å². The zero-order valence-corrected chi connectivity index (χ0v) is 14.5. The van der Waals surface area contributed by atoms with Gasteiger partial charge in [-0.25, -0.2) is 5.43 Å². The number of carbonyl (C=O) groups is 2. The third-order valence-electron chi connectivity index (χ3n) is 3.17. The van der Waals surface area contributed by atoms with E-state index in [1.54, 1.807) is 30.5 Å². The highest BCUT2D eigenvalue weighted by molar-refractivity contribution is 6.30. The van der Waals surface area contributed by atoms with E-state index in [9.17, 15) is 9.59 Å². The minimum absolute atomic E-state index is 0.166. The number of nitrogens with one attached hydrogen (secondary N) is 2. The van der Waals surface area contributed by atoms with Gasteiger partial charge in [-0.15, -0.1) is 0 Å². The summed E-state index contributed by atoms with van der Waals surface area (Å²) in [7, 11) is 0. The molecule has 0 bridgehead atoms. The topological polar surface area (TPSA) is 70.6 Å². The summed E-state index contributed by atoms with van der Waals surface area (Å²) in [5.41, 5.74) is 4.74. The van der Waals surface area contributed by atoms with Crippen molar-refractivity contribution in [1.29, 1.82) is 0 Å². The number of rotatable bonds is 6. The molecule has 25 heavy (non-hydrogen) atoms. The van der Waals surface area contributed by atoms with Crippen LogP contribution in [0.25, 0.3) is 6.08 Å². The van der Waals surface area contributed by atoms with Crippen molar-refractivity contribution in [3.8, 4) is 0 Å². The summed E-state index contributed by atoms with van der Waals surface area (Å²) in [4.78, 5) is 23.6. The first-order valence-electron chi connectivity index (χ1n) is 7.63. The highest BCUT2D eigenvalue weighted by Gasteiger charge is 2.07. The molecule has 0 aromatic heterocycles. The van der Waals surface area contributed by atoms with Gasteiger partial charge in [0.15, 0.2) is 0 Å². The van der Waals surface area contributed by atoms with Crippen LogP contribution in [0.5, 0.6) is 0 Å². The van der Waals surface area contributed by atoms with E-state index in [0.29, 0.717) is 10.6 Å². The van der Waals surface area contributed by atoms with Crippen LogP contribution in [0.15, 0.2) is 65.3 Å². The van der Waals surface area contributed by atoms with Gasteiger partial charge in [0, 0.05) is 10.6 Å². The van der Waals surface area contributed by atoms with E-state index in [0.717, 1.165) is 11.1 Å². The Morgan fingerprint density at radius 1 is 1.08 bits per heavy atom. The zero-order chi connectivity index (χ0) is 18.1. The Balaban J connectivity index is 1.77. The summed E-state index contributed by atoms with van der Waals surface area (Å²) in [5, 5.41) is 6.93. The van der Waals surface area contributed by atoms with Gasteiger partial charge in [-0.2, -0.15) is 5.10 Å². The van der Waals surface area contributed by atoms with E-state index >= 15 is 0 Å². The van der Waals surface area contributed by atoms with Gasteiger partial charge in [-0.05, 0) is 42.3 Å². The zero-order valence-electron chi connectivity index (χ0n) is 13.7. The van der Waals surface area contributed by atoms with Gasteiger partial charge >= 0.3 is 0 Å². The average molecular weight is 356 g/mol. The fraction of sp³-hybridized carbons (Fsp3) is 0.105. The fourth-order valence-electron chi connectivity index (χ4n) is 1.96. The van der Waals surface area contributed by atoms with Crippen molar-refractivity contribution in [2.24, 2.45) is 5.10 Å². The molecule has 0 radical (unpaired) electrons. The van der Waals surface area contributed by atoms with Crippen LogP contribution in [-0.2, 0) is 4.79 Å². The Morgan fingerprint density at radius 2 is 1.76 bits per heavy atom. The van der Waals surface area contributed by atoms with Crippen LogP contribution >= 0.6 is 11.6 Å². The van der Waals surface area contributed by atoms with E-state index in [2.05, 4.69) is 15.8 Å². The summed E-state index contributed by atoms with van der Waals surface area (Å²) in [6, 6.07) is 16.2. The molecule has 2 N–H and O–H groups in total. The molecule has 0 fully saturated rings. The molecular formula is C19H18ClN3O2. The van der Waals surface area contributed by atoms with Gasteiger partial charge in [0.05, 0.1) is 12.8 Å². The lowest BCUT2D eigenvalue weighted by Gasteiger charge is -2.04. The minimum atomic E-state index is -0.411. The number of hydrogen-bond acceptors (Lipinski definition) is 3. The Kier molecular flexibility index (Phi) is 6.92. The number of carbonyl (C=O) groups excluding carboxylic acids is 2. The van der Waals surface area contributed by atoms with E-state index in [1.165, 1.54) is 0 Å². The lowest BCUT2D eigenvalue weighted by atomic mass is 10.1. The molecule has 0 saturated heterocycles. The largest absolute Gasteiger partial charge is 0.343 e. The Morgan fingerprint density at radius 3 is 2.44 bits per heavy atom. The molecule has 0 atom stereocenters. The first-order valence-corrected chi connectivity index (χ1v) is 8.01. The summed E-state index contributed by atoms with van der Waals surface area (Å²) in [5.74, 6) is -0.762. The maximum Gasteiger partial charge on any atom is 0.259 e. The number of halogens is 1. The first-order chi connectivity index (χ1) is 12.0. The van der Waals surface area contributed by atoms with E-state index in [4.69, 9.17) is 11.6 Å². The van der Waals surface area contributed by atoms with Crippen molar-refractivity contribution in [2.75, 3.05) is 6.54 Å². The van der Waals surface area contributed by atoms with Crippen LogP contribution in [0.3, 0.4) is 0 Å². The molecule has 2 aromatic carbocycles. The van der Waals surface area contributed by atoms with Gasteiger partial charge in [-0.1, -0.05) is 48.0 Å². The van der Waals surface area contributed by atoms with Crippen molar-refractivity contribution < 1.29 is 9.59 Å². The summed E-state index contributed by atoms with van der Waals surface area (Å²) in [6.45, 7) is 1.71. The van der Waals surface area contributed by atoms with Crippen molar-refractivity contribution in [3.05, 3.63) is 76.3 Å². The van der Waals surface area contributed by atoms with Crippen LogP contribution in [-0.4, -0.2) is 24.6 Å². The fourth-order valence-corrected chi connectivity index (χ4v) is 2.08. The second-order valence-corrected chi connectivity index (χ2v) is 5.72. The van der Waals surface area contributed by atoms with E-state index < -0.39 is 5.91 Å². The second kappa shape index (κ2) is 9.39. The number of hydrazone groups is 1. The molecule has 0 aliphatic carbocycles. The summed E-state index contributed by atoms with van der Waals surface area (Å²) >= 11 is 5.76. The van der Waals surface area contributed by atoms with Crippen LogP contribution in [0, 0.1) is 0 Å². The lowest BCUT2D eigenvalue weighted by molar-refractivity contribution is -0.120. The standard InChI is InChI=1S/C19H18ClN3O2/c1-14(11-15-5-3-2-4-6-15)12-22-23-18(24)13-21-19(25)16-7-9-17(20)10-8-16/h2-12H,13H2,1H3,(H,21,25)(H,23,24)/b14-11-,22-12+. The van der Waals surface area contributed by atoms with Gasteiger partial charge in [0.2, 0.25) is 0 Å². The van der Waals surface area contributed by atoms with Crippen LogP contribution in [0.4, 0.5) is 0 Å². The maximum absolute atomic E-state index is 11.9. The Hall–Kier alpha value is -2.92. The molecule has 0 aliphatic rings. The van der Waals surface area contributed by atoms with E-state index in [-0.39, 0.29) is 12.5 Å². The van der Waals surface area contributed by atoms with Crippen LogP contribution in [0.2, 0.25) is 5.02 Å². The molecule has 128 valence electrons. The third-order valence-corrected chi connectivity index (χ3v) is 3.42. The highest BCUT2D eigenvalue weighted by Crippen LogP contribution is 2.09. The molecule has 2 aromatic rings. The van der Waals surface area contributed by atoms with Crippen molar-refractivity contribution in [1.82, 2.24) is 10.7 Å². The molecule has 2 amide bonds. The molecule has 0 heterocycles. The molecule has 0 saturated carbocycles. The van der Waals surface area contributed by atoms with Crippen molar-refractivity contribution in [2.45, 2.75) is 6.92 Å². The number of nitrogens with zero attached hydrogens (tertiary/aromatic N) is 1.